The zero-order valence-electron chi connectivity index (χ0n) is 16.1. The van der Waals surface area contributed by atoms with Crippen LogP contribution in [0.1, 0.15) is 20.7 Å². The first-order chi connectivity index (χ1) is 14.6. The van der Waals surface area contributed by atoms with Gasteiger partial charge in [-0.1, -0.05) is 34.4 Å². The van der Waals surface area contributed by atoms with E-state index in [0.717, 1.165) is 13.4 Å². The van der Waals surface area contributed by atoms with Crippen molar-refractivity contribution < 1.29 is 27.3 Å². The number of nitrogens with zero attached hydrogens (tertiary/aromatic N) is 1. The highest BCUT2D eigenvalue weighted by atomic mass is 35.5. The molecular formula is C19H15Cl2N3O6S. The average molecular weight is 484 g/mol. The molecule has 0 saturated carbocycles. The Morgan fingerprint density at radius 3 is 2.23 bits per heavy atom. The predicted octanol–water partition coefficient (Wildman–Crippen LogP) is 4.06. The summed E-state index contributed by atoms with van der Waals surface area (Å²) in [6.07, 6.45) is 1.01. The minimum atomic E-state index is -3.45. The van der Waals surface area contributed by atoms with Crippen molar-refractivity contribution in [2.24, 2.45) is 0 Å². The Balaban J connectivity index is 1.94. The molecule has 0 aliphatic rings. The van der Waals surface area contributed by atoms with Crippen LogP contribution in [0.25, 0.3) is 11.3 Å². The van der Waals surface area contributed by atoms with Crippen molar-refractivity contribution in [3.8, 4) is 11.3 Å². The topological polar surface area (TPSA) is 128 Å². The number of nitrogens with one attached hydrogen (secondary N) is 2. The monoisotopic (exact) mass is 483 g/mol. The van der Waals surface area contributed by atoms with Crippen molar-refractivity contribution in [2.75, 3.05) is 23.4 Å². The van der Waals surface area contributed by atoms with Gasteiger partial charge in [0.05, 0.1) is 23.4 Å². The number of aromatic nitrogens is 1. The molecule has 1 heterocycles. The van der Waals surface area contributed by atoms with Gasteiger partial charge in [-0.25, -0.2) is 13.2 Å². The Kier molecular flexibility index (Phi) is 6.54. The molecule has 3 aromatic rings. The SMILES string of the molecule is COC(=O)c1c(-c2c(Cl)cccc2Cl)noc1NC(=O)c1ccc(NS(C)(=O)=O)cc1. The molecule has 1 amide bonds. The Morgan fingerprint density at radius 1 is 1.06 bits per heavy atom. The highest BCUT2D eigenvalue weighted by Gasteiger charge is 2.28. The van der Waals surface area contributed by atoms with Crippen LogP contribution in [-0.2, 0) is 14.8 Å². The zero-order valence-corrected chi connectivity index (χ0v) is 18.4. The third kappa shape index (κ3) is 5.16. The molecule has 3 rings (SSSR count). The molecular weight excluding hydrogens is 469 g/mol. The zero-order chi connectivity index (χ0) is 22.8. The molecule has 31 heavy (non-hydrogen) atoms. The van der Waals surface area contributed by atoms with Gasteiger partial charge in [0.1, 0.15) is 5.69 Å². The van der Waals surface area contributed by atoms with Crippen molar-refractivity contribution in [3.05, 3.63) is 63.6 Å². The maximum absolute atomic E-state index is 12.6. The van der Waals surface area contributed by atoms with E-state index in [0.29, 0.717) is 0 Å². The maximum Gasteiger partial charge on any atom is 0.345 e. The Bertz CT molecular complexity index is 1240. The molecule has 9 nitrogen and oxygen atoms in total. The average Bonchev–Trinajstić information content (AvgIpc) is 3.09. The summed E-state index contributed by atoms with van der Waals surface area (Å²) in [5.41, 5.74) is 0.534. The molecule has 12 heteroatoms. The number of carbonyl (C=O) groups excluding carboxylic acids is 2. The van der Waals surface area contributed by atoms with Gasteiger partial charge in [0.15, 0.2) is 5.56 Å². The van der Waals surface area contributed by atoms with Gasteiger partial charge in [-0.3, -0.25) is 14.8 Å². The first-order valence-corrected chi connectivity index (χ1v) is 11.2. The molecule has 2 N–H and O–H groups in total. The Morgan fingerprint density at radius 2 is 1.68 bits per heavy atom. The standard InChI is InChI=1S/C19H15Cl2N3O6S/c1-29-19(26)15-16(14-12(20)4-3-5-13(14)21)23-30-18(15)22-17(25)10-6-8-11(9-7-10)24-31(2,27)28/h3-9,24H,1-2H3,(H,22,25). The van der Waals surface area contributed by atoms with Gasteiger partial charge in [-0.2, -0.15) is 0 Å². The van der Waals surface area contributed by atoms with Crippen LogP contribution in [0.5, 0.6) is 0 Å². The lowest BCUT2D eigenvalue weighted by Gasteiger charge is -2.07. The first-order valence-electron chi connectivity index (χ1n) is 8.52. The van der Waals surface area contributed by atoms with Crippen LogP contribution in [0.15, 0.2) is 47.0 Å². The number of sulfonamides is 1. The predicted molar refractivity (Wildman–Crippen MR) is 116 cm³/mol. The van der Waals surface area contributed by atoms with Crippen LogP contribution in [0.3, 0.4) is 0 Å². The number of benzene rings is 2. The minimum absolute atomic E-state index is 0.00505. The molecule has 0 atom stereocenters. The van der Waals surface area contributed by atoms with Crippen molar-refractivity contribution in [1.29, 1.82) is 0 Å². The van der Waals surface area contributed by atoms with Gasteiger partial charge in [0.2, 0.25) is 15.9 Å². The fraction of sp³-hybridized carbons (Fsp3) is 0.105. The van der Waals surface area contributed by atoms with E-state index in [1.54, 1.807) is 18.2 Å². The maximum atomic E-state index is 12.6. The minimum Gasteiger partial charge on any atom is -0.465 e. The fourth-order valence-corrected chi connectivity index (χ4v) is 3.78. The van der Waals surface area contributed by atoms with E-state index in [-0.39, 0.29) is 44.0 Å². The van der Waals surface area contributed by atoms with E-state index in [4.69, 9.17) is 32.5 Å². The van der Waals surface area contributed by atoms with Crippen LogP contribution >= 0.6 is 23.2 Å². The van der Waals surface area contributed by atoms with Crippen LogP contribution in [0.2, 0.25) is 10.0 Å². The van der Waals surface area contributed by atoms with E-state index < -0.39 is 21.9 Å². The molecule has 162 valence electrons. The molecule has 0 aliphatic carbocycles. The molecule has 0 fully saturated rings. The summed E-state index contributed by atoms with van der Waals surface area (Å²) in [6, 6.07) is 10.3. The number of ether oxygens (including phenoxy) is 1. The third-order valence-corrected chi connectivity index (χ3v) is 5.19. The van der Waals surface area contributed by atoms with Gasteiger partial charge in [-0.15, -0.1) is 0 Å². The third-order valence-electron chi connectivity index (χ3n) is 3.96. The molecule has 2 aromatic carbocycles. The summed E-state index contributed by atoms with van der Waals surface area (Å²) in [6.45, 7) is 0. The number of methoxy groups -OCH3 is 1. The molecule has 0 unspecified atom stereocenters. The molecule has 1 aromatic heterocycles. The Hall–Kier alpha value is -3.08. The lowest BCUT2D eigenvalue weighted by Crippen LogP contribution is -2.15. The van der Waals surface area contributed by atoms with Crippen LogP contribution in [-0.4, -0.2) is 38.8 Å². The second-order valence-electron chi connectivity index (χ2n) is 6.23. The van der Waals surface area contributed by atoms with Crippen molar-refractivity contribution in [1.82, 2.24) is 5.16 Å². The molecule has 0 bridgehead atoms. The van der Waals surface area contributed by atoms with Gasteiger partial charge in [0.25, 0.3) is 5.91 Å². The number of hydrogen-bond donors (Lipinski definition) is 2. The molecule has 0 spiro atoms. The van der Waals surface area contributed by atoms with Crippen LogP contribution in [0.4, 0.5) is 11.6 Å². The highest BCUT2D eigenvalue weighted by molar-refractivity contribution is 7.92. The van der Waals surface area contributed by atoms with Crippen LogP contribution in [0, 0.1) is 0 Å². The number of halogens is 2. The highest BCUT2D eigenvalue weighted by Crippen LogP contribution is 2.38. The van der Waals surface area contributed by atoms with E-state index in [1.807, 2.05) is 0 Å². The van der Waals surface area contributed by atoms with Gasteiger partial charge < -0.3 is 9.26 Å². The van der Waals surface area contributed by atoms with E-state index in [2.05, 4.69) is 15.2 Å². The fourth-order valence-electron chi connectivity index (χ4n) is 2.64. The smallest absolute Gasteiger partial charge is 0.345 e. The largest absolute Gasteiger partial charge is 0.465 e. The number of hydrogen-bond acceptors (Lipinski definition) is 7. The van der Waals surface area contributed by atoms with Crippen LogP contribution < -0.4 is 10.0 Å². The van der Waals surface area contributed by atoms with E-state index in [9.17, 15) is 18.0 Å². The summed E-state index contributed by atoms with van der Waals surface area (Å²) in [5, 5.41) is 6.73. The number of amides is 1. The summed E-state index contributed by atoms with van der Waals surface area (Å²) >= 11 is 12.4. The first kappa shape index (κ1) is 22.6. The van der Waals surface area contributed by atoms with Crippen molar-refractivity contribution in [3.63, 3.8) is 0 Å². The molecule has 0 aliphatic heterocycles. The normalized spacial score (nSPS) is 11.1. The number of rotatable bonds is 6. The number of carbonyl (C=O) groups is 2. The summed E-state index contributed by atoms with van der Waals surface area (Å²) < 4.78 is 34.8. The second kappa shape index (κ2) is 8.96. The number of esters is 1. The van der Waals surface area contributed by atoms with Gasteiger partial charge >= 0.3 is 5.97 Å². The van der Waals surface area contributed by atoms with Crippen molar-refractivity contribution >= 4 is 56.7 Å². The van der Waals surface area contributed by atoms with Crippen molar-refractivity contribution in [2.45, 2.75) is 0 Å². The quantitative estimate of drug-likeness (QED) is 0.505. The second-order valence-corrected chi connectivity index (χ2v) is 8.79. The van der Waals surface area contributed by atoms with E-state index >= 15 is 0 Å². The Labute approximate surface area is 187 Å². The van der Waals surface area contributed by atoms with Gasteiger partial charge in [-0.05, 0) is 36.4 Å². The summed E-state index contributed by atoms with van der Waals surface area (Å²) in [7, 11) is -2.30. The number of anilines is 2. The lowest BCUT2D eigenvalue weighted by atomic mass is 10.1. The summed E-state index contributed by atoms with van der Waals surface area (Å²) in [5.74, 6) is -1.72. The summed E-state index contributed by atoms with van der Waals surface area (Å²) in [4.78, 5) is 25.0. The van der Waals surface area contributed by atoms with Gasteiger partial charge in [0, 0.05) is 16.8 Å². The lowest BCUT2D eigenvalue weighted by molar-refractivity contribution is 0.0602. The van der Waals surface area contributed by atoms with E-state index in [1.165, 1.54) is 24.3 Å². The molecule has 0 saturated heterocycles. The molecule has 0 radical (unpaired) electrons.